The lowest BCUT2D eigenvalue weighted by Crippen LogP contribution is -2.37. The van der Waals surface area contributed by atoms with Gasteiger partial charge in [0.15, 0.2) is 0 Å². The fraction of sp³-hybridized carbons (Fsp3) is 0.304. The molecule has 1 aliphatic rings. The van der Waals surface area contributed by atoms with Crippen LogP contribution >= 0.6 is 0 Å². The zero-order valence-corrected chi connectivity index (χ0v) is 20.2. The first-order valence-corrected chi connectivity index (χ1v) is 11.4. The van der Waals surface area contributed by atoms with Crippen LogP contribution in [0.2, 0.25) is 0 Å². The summed E-state index contributed by atoms with van der Waals surface area (Å²) in [5, 5.41) is 6.73. The second kappa shape index (κ2) is 12.2. The number of hydrazone groups is 1. The summed E-state index contributed by atoms with van der Waals surface area (Å²) in [4.78, 5) is 14.5. The number of hydrogen-bond acceptors (Lipinski definition) is 10. The van der Waals surface area contributed by atoms with Gasteiger partial charge in [-0.3, -0.25) is 0 Å². The lowest BCUT2D eigenvalue weighted by molar-refractivity contribution is -0.274. The molecule has 1 fully saturated rings. The van der Waals surface area contributed by atoms with Gasteiger partial charge in [0.1, 0.15) is 11.5 Å². The molecule has 0 atom stereocenters. The van der Waals surface area contributed by atoms with Crippen LogP contribution in [0.15, 0.2) is 53.6 Å². The summed E-state index contributed by atoms with van der Waals surface area (Å²) in [6.07, 6.45) is -12.4. The number of aromatic nitrogens is 3. The lowest BCUT2D eigenvalue weighted by Gasteiger charge is -2.27. The summed E-state index contributed by atoms with van der Waals surface area (Å²) in [5.74, 6) is -0.865. The maximum Gasteiger partial charge on any atom is 0.573 e. The number of halogens is 7. The number of alkyl halides is 7. The molecule has 0 radical (unpaired) electrons. The predicted molar refractivity (Wildman–Crippen MR) is 129 cm³/mol. The van der Waals surface area contributed by atoms with E-state index in [1.54, 1.807) is 4.90 Å². The highest BCUT2D eigenvalue weighted by Crippen LogP contribution is 2.28. The molecule has 214 valence electrons. The van der Waals surface area contributed by atoms with Crippen molar-refractivity contribution in [1.82, 2.24) is 15.0 Å². The van der Waals surface area contributed by atoms with E-state index in [0.29, 0.717) is 26.3 Å². The van der Waals surface area contributed by atoms with Gasteiger partial charge in [-0.05, 0) is 29.8 Å². The smallest absolute Gasteiger partial charge is 0.428 e. The van der Waals surface area contributed by atoms with Gasteiger partial charge in [-0.25, -0.2) is 5.43 Å². The number of benzene rings is 2. The van der Waals surface area contributed by atoms with Crippen molar-refractivity contribution in [3.8, 4) is 11.5 Å². The molecule has 1 aliphatic heterocycles. The standard InChI is InChI=1S/C23H20F7N7O3/c24-18(25)22(26,27)39-16-5-1-3-14(11-16)13-31-36-20-33-19(34-21(35-20)37-7-9-38-10-8-37)32-15-4-2-6-17(12-15)40-23(28,29)30/h1-6,11-13,18H,7-10H2,(H2,32,33,34,35,36)/b31-13+. The van der Waals surface area contributed by atoms with Crippen molar-refractivity contribution in [2.24, 2.45) is 5.10 Å². The highest BCUT2D eigenvalue weighted by atomic mass is 19.4. The number of nitrogens with one attached hydrogen (secondary N) is 2. The summed E-state index contributed by atoms with van der Waals surface area (Å²) >= 11 is 0. The van der Waals surface area contributed by atoms with E-state index in [0.717, 1.165) is 24.3 Å². The Morgan fingerprint density at radius 3 is 2.27 bits per heavy atom. The molecule has 1 saturated heterocycles. The first kappa shape index (κ1) is 28.6. The Bertz CT molecular complexity index is 1320. The van der Waals surface area contributed by atoms with Gasteiger partial charge in [-0.15, -0.1) is 13.2 Å². The number of rotatable bonds is 10. The largest absolute Gasteiger partial charge is 0.573 e. The van der Waals surface area contributed by atoms with Crippen molar-refractivity contribution in [2.45, 2.75) is 18.9 Å². The summed E-state index contributed by atoms with van der Waals surface area (Å²) in [6.45, 7) is 1.73. The molecule has 0 aliphatic carbocycles. The normalized spacial score (nSPS) is 14.4. The molecule has 2 heterocycles. The summed E-state index contributed by atoms with van der Waals surface area (Å²) in [5.41, 5.74) is 2.96. The SMILES string of the molecule is FC(F)C(F)(F)Oc1cccc(/C=N/Nc2nc(Nc3cccc(OC(F)(F)F)c3)nc(N3CCOCC3)n2)c1. The molecule has 2 aromatic carbocycles. The molecule has 1 aromatic heterocycles. The molecule has 0 unspecified atom stereocenters. The van der Waals surface area contributed by atoms with Crippen molar-refractivity contribution in [3.63, 3.8) is 0 Å². The third-order valence-electron chi connectivity index (χ3n) is 4.99. The average Bonchev–Trinajstić information content (AvgIpc) is 2.88. The van der Waals surface area contributed by atoms with Crippen LogP contribution < -0.4 is 25.1 Å². The minimum Gasteiger partial charge on any atom is -0.428 e. The Balaban J connectivity index is 1.53. The molecule has 3 aromatic rings. The number of morpholine rings is 1. The van der Waals surface area contributed by atoms with Crippen LogP contribution in [0.4, 0.5) is 54.3 Å². The first-order chi connectivity index (χ1) is 19.0. The fourth-order valence-corrected chi connectivity index (χ4v) is 3.30. The van der Waals surface area contributed by atoms with Crippen LogP contribution in [0.5, 0.6) is 11.5 Å². The number of nitrogens with zero attached hydrogens (tertiary/aromatic N) is 5. The monoisotopic (exact) mass is 575 g/mol. The van der Waals surface area contributed by atoms with Gasteiger partial charge < -0.3 is 24.4 Å². The quantitative estimate of drug-likeness (QED) is 0.196. The molecule has 2 N–H and O–H groups in total. The van der Waals surface area contributed by atoms with E-state index in [1.807, 2.05) is 0 Å². The molecule has 10 nitrogen and oxygen atoms in total. The van der Waals surface area contributed by atoms with Crippen LogP contribution in [0.25, 0.3) is 0 Å². The minimum atomic E-state index is -4.88. The summed E-state index contributed by atoms with van der Waals surface area (Å²) in [6, 6.07) is 9.94. The number of ether oxygens (including phenoxy) is 3. The van der Waals surface area contributed by atoms with E-state index in [-0.39, 0.29) is 29.1 Å². The number of anilines is 4. The van der Waals surface area contributed by atoms with Crippen molar-refractivity contribution >= 4 is 29.7 Å². The zero-order chi connectivity index (χ0) is 28.8. The maximum atomic E-state index is 13.2. The Morgan fingerprint density at radius 1 is 0.900 bits per heavy atom. The molecule has 17 heteroatoms. The van der Waals surface area contributed by atoms with Gasteiger partial charge >= 0.3 is 18.9 Å². The Morgan fingerprint density at radius 2 is 1.57 bits per heavy atom. The van der Waals surface area contributed by atoms with Crippen LogP contribution in [-0.4, -0.2) is 66.4 Å². The average molecular weight is 575 g/mol. The van der Waals surface area contributed by atoms with Crippen molar-refractivity contribution in [2.75, 3.05) is 41.9 Å². The third-order valence-corrected chi connectivity index (χ3v) is 4.99. The predicted octanol–water partition coefficient (Wildman–Crippen LogP) is 5.03. The highest BCUT2D eigenvalue weighted by molar-refractivity contribution is 5.80. The Labute approximate surface area is 221 Å². The Kier molecular flexibility index (Phi) is 8.71. The van der Waals surface area contributed by atoms with Crippen molar-refractivity contribution < 1.29 is 44.9 Å². The van der Waals surface area contributed by atoms with Gasteiger partial charge in [0, 0.05) is 24.8 Å². The van der Waals surface area contributed by atoms with Crippen LogP contribution in [-0.2, 0) is 4.74 Å². The van der Waals surface area contributed by atoms with Crippen LogP contribution in [0, 0.1) is 0 Å². The van der Waals surface area contributed by atoms with Gasteiger partial charge in [0.05, 0.1) is 19.4 Å². The van der Waals surface area contributed by atoms with Gasteiger partial charge in [0.25, 0.3) is 0 Å². The fourth-order valence-electron chi connectivity index (χ4n) is 3.30. The molecule has 0 amide bonds. The zero-order valence-electron chi connectivity index (χ0n) is 20.2. The van der Waals surface area contributed by atoms with Gasteiger partial charge in [0.2, 0.25) is 17.8 Å². The van der Waals surface area contributed by atoms with E-state index in [2.05, 4.69) is 40.3 Å². The van der Waals surface area contributed by atoms with E-state index < -0.39 is 30.4 Å². The van der Waals surface area contributed by atoms with Gasteiger partial charge in [-0.2, -0.15) is 37.6 Å². The summed E-state index contributed by atoms with van der Waals surface area (Å²) < 4.78 is 102. The Hall–Kier alpha value is -4.41. The van der Waals surface area contributed by atoms with E-state index in [9.17, 15) is 30.7 Å². The van der Waals surface area contributed by atoms with E-state index in [4.69, 9.17) is 4.74 Å². The van der Waals surface area contributed by atoms with Gasteiger partial charge in [-0.1, -0.05) is 18.2 Å². The topological polar surface area (TPSA) is 106 Å². The van der Waals surface area contributed by atoms with E-state index in [1.165, 1.54) is 30.5 Å². The lowest BCUT2D eigenvalue weighted by atomic mass is 10.2. The molecule has 0 bridgehead atoms. The molecule has 0 saturated carbocycles. The molecular weight excluding hydrogens is 555 g/mol. The highest BCUT2D eigenvalue weighted by Gasteiger charge is 2.44. The van der Waals surface area contributed by atoms with Crippen LogP contribution in [0.3, 0.4) is 0 Å². The minimum absolute atomic E-state index is 0.0389. The van der Waals surface area contributed by atoms with Crippen LogP contribution in [0.1, 0.15) is 5.56 Å². The summed E-state index contributed by atoms with van der Waals surface area (Å²) in [7, 11) is 0. The van der Waals surface area contributed by atoms with E-state index >= 15 is 0 Å². The van der Waals surface area contributed by atoms with Crippen molar-refractivity contribution in [1.29, 1.82) is 0 Å². The second-order valence-corrected chi connectivity index (χ2v) is 7.99. The van der Waals surface area contributed by atoms with Crippen molar-refractivity contribution in [3.05, 3.63) is 54.1 Å². The molecule has 40 heavy (non-hydrogen) atoms. The maximum absolute atomic E-state index is 13.2. The number of hydrogen-bond donors (Lipinski definition) is 2. The molecular formula is C23H20F7N7O3. The first-order valence-electron chi connectivity index (χ1n) is 11.4. The molecule has 4 rings (SSSR count). The molecule has 0 spiro atoms. The third kappa shape index (κ3) is 8.29. The second-order valence-electron chi connectivity index (χ2n) is 7.99.